The summed E-state index contributed by atoms with van der Waals surface area (Å²) in [6, 6.07) is 6.31. The topological polar surface area (TPSA) is 93.1 Å². The highest BCUT2D eigenvalue weighted by Crippen LogP contribution is 2.16. The summed E-state index contributed by atoms with van der Waals surface area (Å²) in [4.78, 5) is 12.3. The third kappa shape index (κ3) is 4.19. The molecule has 1 amide bonds. The van der Waals surface area contributed by atoms with Gasteiger partial charge >= 0.3 is 6.09 Å². The molecule has 1 heterocycles. The molecule has 8 heteroatoms. The van der Waals surface area contributed by atoms with E-state index in [0.29, 0.717) is 0 Å². The third-order valence-corrected chi connectivity index (χ3v) is 4.61. The molecule has 0 unspecified atom stereocenters. The Bertz CT molecular complexity index is 627. The van der Waals surface area contributed by atoms with E-state index in [1.165, 1.54) is 17.0 Å². The SMILES string of the molecule is Cc1ccc(S(=O)(=O)OC[C@@H]2CN(C(=O)O)C[C@@H](C)O2)cc1. The van der Waals surface area contributed by atoms with E-state index < -0.39 is 22.3 Å². The van der Waals surface area contributed by atoms with Crippen LogP contribution in [-0.4, -0.2) is 56.4 Å². The fourth-order valence-electron chi connectivity index (χ4n) is 2.23. The van der Waals surface area contributed by atoms with Crippen molar-refractivity contribution in [2.45, 2.75) is 31.0 Å². The zero-order chi connectivity index (χ0) is 16.3. The quantitative estimate of drug-likeness (QED) is 0.841. The van der Waals surface area contributed by atoms with Gasteiger partial charge in [-0.25, -0.2) is 4.79 Å². The van der Waals surface area contributed by atoms with Gasteiger partial charge in [-0.1, -0.05) is 17.7 Å². The molecule has 2 rings (SSSR count). The van der Waals surface area contributed by atoms with Crippen LogP contribution < -0.4 is 0 Å². The van der Waals surface area contributed by atoms with E-state index in [0.717, 1.165) is 5.56 Å². The number of rotatable bonds is 4. The van der Waals surface area contributed by atoms with Gasteiger partial charge in [-0.15, -0.1) is 0 Å². The molecule has 22 heavy (non-hydrogen) atoms. The van der Waals surface area contributed by atoms with Crippen LogP contribution in [0.3, 0.4) is 0 Å². The van der Waals surface area contributed by atoms with E-state index in [1.54, 1.807) is 19.1 Å². The van der Waals surface area contributed by atoms with Crippen molar-refractivity contribution in [3.05, 3.63) is 29.8 Å². The van der Waals surface area contributed by atoms with Crippen molar-refractivity contribution < 1.29 is 27.2 Å². The summed E-state index contributed by atoms with van der Waals surface area (Å²) >= 11 is 0. The molecule has 1 fully saturated rings. The Morgan fingerprint density at radius 2 is 2.00 bits per heavy atom. The van der Waals surface area contributed by atoms with Crippen LogP contribution in [0.4, 0.5) is 4.79 Å². The maximum absolute atomic E-state index is 12.1. The number of ether oxygens (including phenoxy) is 1. The highest BCUT2D eigenvalue weighted by atomic mass is 32.2. The number of morpholine rings is 1. The Hall–Kier alpha value is -1.64. The summed E-state index contributed by atoms with van der Waals surface area (Å²) in [5.74, 6) is 0. The van der Waals surface area contributed by atoms with Crippen molar-refractivity contribution in [2.24, 2.45) is 0 Å². The fraction of sp³-hybridized carbons (Fsp3) is 0.500. The van der Waals surface area contributed by atoms with Gasteiger partial charge in [0, 0.05) is 0 Å². The molecule has 0 bridgehead atoms. The summed E-state index contributed by atoms with van der Waals surface area (Å²) in [6.07, 6.45) is -1.97. The van der Waals surface area contributed by atoms with Gasteiger partial charge < -0.3 is 14.7 Å². The van der Waals surface area contributed by atoms with Crippen molar-refractivity contribution in [1.29, 1.82) is 0 Å². The molecule has 1 saturated heterocycles. The smallest absolute Gasteiger partial charge is 0.407 e. The largest absolute Gasteiger partial charge is 0.465 e. The van der Waals surface area contributed by atoms with E-state index in [1.807, 2.05) is 6.92 Å². The van der Waals surface area contributed by atoms with E-state index in [2.05, 4.69) is 0 Å². The second-order valence-corrected chi connectivity index (χ2v) is 6.92. The van der Waals surface area contributed by atoms with Crippen LogP contribution in [0.2, 0.25) is 0 Å². The van der Waals surface area contributed by atoms with Crippen LogP contribution in [0.25, 0.3) is 0 Å². The summed E-state index contributed by atoms with van der Waals surface area (Å²) < 4.78 is 34.7. The van der Waals surface area contributed by atoms with Gasteiger partial charge in [-0.05, 0) is 26.0 Å². The predicted octanol–water partition coefficient (Wildman–Crippen LogP) is 1.47. The van der Waals surface area contributed by atoms with Crippen molar-refractivity contribution in [2.75, 3.05) is 19.7 Å². The standard InChI is InChI=1S/C14H19NO6S/c1-10-3-5-13(6-4-10)22(18,19)20-9-12-8-15(14(16)17)7-11(2)21-12/h3-6,11-12H,7-9H2,1-2H3,(H,16,17)/t11-,12+/m1/s1. The molecule has 1 aliphatic heterocycles. The van der Waals surface area contributed by atoms with Crippen molar-refractivity contribution in [1.82, 2.24) is 4.90 Å². The average Bonchev–Trinajstić information content (AvgIpc) is 2.45. The maximum Gasteiger partial charge on any atom is 0.407 e. The molecule has 1 N–H and O–H groups in total. The van der Waals surface area contributed by atoms with Gasteiger partial charge in [0.05, 0.1) is 30.7 Å². The molecule has 7 nitrogen and oxygen atoms in total. The second-order valence-electron chi connectivity index (χ2n) is 5.31. The zero-order valence-corrected chi connectivity index (χ0v) is 13.2. The molecule has 122 valence electrons. The highest BCUT2D eigenvalue weighted by Gasteiger charge is 2.29. The normalized spacial score (nSPS) is 22.5. The lowest BCUT2D eigenvalue weighted by molar-refractivity contribution is -0.0832. The van der Waals surface area contributed by atoms with Gasteiger partial charge in [0.15, 0.2) is 0 Å². The number of nitrogens with zero attached hydrogens (tertiary/aromatic N) is 1. The molecular formula is C14H19NO6S. The predicted molar refractivity (Wildman–Crippen MR) is 78.2 cm³/mol. The van der Waals surface area contributed by atoms with E-state index in [9.17, 15) is 13.2 Å². The van der Waals surface area contributed by atoms with E-state index in [-0.39, 0.29) is 30.7 Å². The summed E-state index contributed by atoms with van der Waals surface area (Å²) in [7, 11) is -3.88. The fourth-order valence-corrected chi connectivity index (χ4v) is 3.17. The minimum absolute atomic E-state index is 0.0667. The number of amides is 1. The van der Waals surface area contributed by atoms with Gasteiger partial charge in [0.2, 0.25) is 0 Å². The van der Waals surface area contributed by atoms with Crippen LogP contribution in [0.15, 0.2) is 29.2 Å². The second kappa shape index (κ2) is 6.64. The average molecular weight is 329 g/mol. The minimum atomic E-state index is -3.88. The lowest BCUT2D eigenvalue weighted by atomic mass is 10.2. The number of aryl methyl sites for hydroxylation is 1. The van der Waals surface area contributed by atoms with Crippen molar-refractivity contribution in [3.63, 3.8) is 0 Å². The Morgan fingerprint density at radius 3 is 2.59 bits per heavy atom. The van der Waals surface area contributed by atoms with E-state index in [4.69, 9.17) is 14.0 Å². The van der Waals surface area contributed by atoms with Crippen LogP contribution in [0.5, 0.6) is 0 Å². The van der Waals surface area contributed by atoms with Gasteiger partial charge in [-0.3, -0.25) is 4.18 Å². The first-order valence-corrected chi connectivity index (χ1v) is 8.28. The summed E-state index contributed by atoms with van der Waals surface area (Å²) in [5.41, 5.74) is 0.945. The Balaban J connectivity index is 1.99. The Labute approximate surface area is 129 Å². The molecule has 2 atom stereocenters. The van der Waals surface area contributed by atoms with Crippen LogP contribution in [0.1, 0.15) is 12.5 Å². The Morgan fingerprint density at radius 1 is 1.36 bits per heavy atom. The first kappa shape index (κ1) is 16.7. The van der Waals surface area contributed by atoms with Gasteiger partial charge in [0.25, 0.3) is 10.1 Å². The Kier molecular flexibility index (Phi) is 5.05. The third-order valence-electron chi connectivity index (χ3n) is 3.32. The zero-order valence-electron chi connectivity index (χ0n) is 12.4. The molecule has 1 aromatic rings. The maximum atomic E-state index is 12.1. The van der Waals surface area contributed by atoms with E-state index >= 15 is 0 Å². The number of hydrogen-bond acceptors (Lipinski definition) is 5. The first-order valence-electron chi connectivity index (χ1n) is 6.87. The number of carboxylic acid groups (broad SMARTS) is 1. The minimum Gasteiger partial charge on any atom is -0.465 e. The van der Waals surface area contributed by atoms with Gasteiger partial charge in [-0.2, -0.15) is 8.42 Å². The molecule has 1 aromatic carbocycles. The summed E-state index contributed by atoms with van der Waals surface area (Å²) in [6.45, 7) is 3.72. The van der Waals surface area contributed by atoms with Crippen LogP contribution in [-0.2, 0) is 19.0 Å². The van der Waals surface area contributed by atoms with Crippen molar-refractivity contribution in [3.8, 4) is 0 Å². The number of carbonyl (C=O) groups is 1. The lowest BCUT2D eigenvalue weighted by Gasteiger charge is -2.34. The number of hydrogen-bond donors (Lipinski definition) is 1. The molecular weight excluding hydrogens is 310 g/mol. The molecule has 1 aliphatic rings. The van der Waals surface area contributed by atoms with Crippen molar-refractivity contribution >= 4 is 16.2 Å². The molecule has 0 saturated carbocycles. The molecule has 0 aliphatic carbocycles. The van der Waals surface area contributed by atoms with Crippen LogP contribution >= 0.6 is 0 Å². The van der Waals surface area contributed by atoms with Gasteiger partial charge in [0.1, 0.15) is 6.10 Å². The summed E-state index contributed by atoms with van der Waals surface area (Å²) in [5, 5.41) is 9.02. The molecule has 0 aromatic heterocycles. The molecule has 0 spiro atoms. The lowest BCUT2D eigenvalue weighted by Crippen LogP contribution is -2.50. The molecule has 0 radical (unpaired) electrons. The first-order chi connectivity index (χ1) is 10.3. The monoisotopic (exact) mass is 329 g/mol. The number of benzene rings is 1. The highest BCUT2D eigenvalue weighted by molar-refractivity contribution is 7.86. The van der Waals surface area contributed by atoms with Crippen LogP contribution in [0, 0.1) is 6.92 Å².